The lowest BCUT2D eigenvalue weighted by Gasteiger charge is -2.31. The van der Waals surface area contributed by atoms with Gasteiger partial charge in [0, 0.05) is 11.6 Å². The van der Waals surface area contributed by atoms with Crippen LogP contribution in [0.3, 0.4) is 0 Å². The molecule has 0 spiro atoms. The van der Waals surface area contributed by atoms with Crippen molar-refractivity contribution in [3.8, 4) is 6.07 Å². The lowest BCUT2D eigenvalue weighted by Crippen LogP contribution is -2.34. The van der Waals surface area contributed by atoms with Crippen LogP contribution in [0.25, 0.3) is 0 Å². The normalized spacial score (nSPS) is 25.9. The minimum atomic E-state index is -0.545. The Morgan fingerprint density at radius 3 is 2.80 bits per heavy atom. The fourth-order valence-electron chi connectivity index (χ4n) is 2.00. The molecule has 2 rings (SSSR count). The van der Waals surface area contributed by atoms with Crippen LogP contribution in [-0.2, 0) is 10.2 Å². The third kappa shape index (κ3) is 1.86. The van der Waals surface area contributed by atoms with Crippen LogP contribution in [0, 0.1) is 11.3 Å². The van der Waals surface area contributed by atoms with Crippen molar-refractivity contribution in [3.63, 3.8) is 0 Å². The van der Waals surface area contributed by atoms with Crippen molar-refractivity contribution >= 4 is 11.6 Å². The maximum absolute atomic E-state index is 9.33. The molecule has 1 aromatic rings. The second kappa shape index (κ2) is 4.22. The van der Waals surface area contributed by atoms with E-state index in [0.717, 1.165) is 25.0 Å². The number of nitriles is 1. The monoisotopic (exact) mass is 221 g/mol. The third-order valence-corrected chi connectivity index (χ3v) is 3.17. The lowest BCUT2D eigenvalue weighted by atomic mass is 9.77. The van der Waals surface area contributed by atoms with Crippen LogP contribution in [0.4, 0.5) is 0 Å². The van der Waals surface area contributed by atoms with E-state index in [2.05, 4.69) is 6.07 Å². The fraction of sp³-hybridized carbons (Fsp3) is 0.417. The highest BCUT2D eigenvalue weighted by Gasteiger charge is 2.36. The second-order valence-electron chi connectivity index (χ2n) is 3.83. The number of nitrogens with zero attached hydrogens (tertiary/aromatic N) is 1. The molecule has 1 aliphatic heterocycles. The molecular formula is C12H12ClNO. The van der Waals surface area contributed by atoms with E-state index in [1.807, 2.05) is 24.3 Å². The zero-order chi connectivity index (χ0) is 10.7. The van der Waals surface area contributed by atoms with Crippen LogP contribution >= 0.6 is 11.6 Å². The first-order valence-corrected chi connectivity index (χ1v) is 5.40. The maximum atomic E-state index is 9.33. The Morgan fingerprint density at radius 1 is 1.40 bits per heavy atom. The summed E-state index contributed by atoms with van der Waals surface area (Å²) in [6, 6.07) is 9.89. The second-order valence-corrected chi connectivity index (χ2v) is 4.24. The summed E-state index contributed by atoms with van der Waals surface area (Å²) in [5.41, 5.74) is 0.352. The number of rotatable bonds is 1. The number of hydrogen-bond acceptors (Lipinski definition) is 2. The number of hydrogen-bond donors (Lipinski definition) is 0. The SMILES string of the molecule is N#C[C@]1(c2ccccc2Cl)CCCOC1. The van der Waals surface area contributed by atoms with E-state index in [1.165, 1.54) is 0 Å². The molecule has 1 fully saturated rings. The Morgan fingerprint density at radius 2 is 2.20 bits per heavy atom. The maximum Gasteiger partial charge on any atom is 0.107 e. The van der Waals surface area contributed by atoms with Crippen molar-refractivity contribution in [2.24, 2.45) is 0 Å². The molecule has 0 bridgehead atoms. The number of ether oxygens (including phenoxy) is 1. The van der Waals surface area contributed by atoms with Gasteiger partial charge in [-0.15, -0.1) is 0 Å². The minimum Gasteiger partial charge on any atom is -0.379 e. The van der Waals surface area contributed by atoms with Crippen molar-refractivity contribution < 1.29 is 4.74 Å². The molecule has 1 saturated heterocycles. The van der Waals surface area contributed by atoms with E-state index in [0.29, 0.717) is 11.6 Å². The van der Waals surface area contributed by atoms with Crippen LogP contribution in [0.15, 0.2) is 24.3 Å². The highest BCUT2D eigenvalue weighted by Crippen LogP contribution is 2.36. The van der Waals surface area contributed by atoms with E-state index < -0.39 is 5.41 Å². The van der Waals surface area contributed by atoms with Crippen molar-refractivity contribution in [2.45, 2.75) is 18.3 Å². The van der Waals surface area contributed by atoms with Crippen molar-refractivity contribution in [1.29, 1.82) is 5.26 Å². The summed E-state index contributed by atoms with van der Waals surface area (Å²) < 4.78 is 5.40. The Labute approximate surface area is 94.4 Å². The van der Waals surface area contributed by atoms with Crippen molar-refractivity contribution in [3.05, 3.63) is 34.9 Å². The summed E-state index contributed by atoms with van der Waals surface area (Å²) in [7, 11) is 0. The smallest absolute Gasteiger partial charge is 0.107 e. The Kier molecular flexibility index (Phi) is 2.95. The summed E-state index contributed by atoms with van der Waals surface area (Å²) in [5, 5.41) is 9.99. The minimum absolute atomic E-state index is 0.452. The quantitative estimate of drug-likeness (QED) is 0.731. The first-order chi connectivity index (χ1) is 7.28. The van der Waals surface area contributed by atoms with Crippen LogP contribution in [0.1, 0.15) is 18.4 Å². The van der Waals surface area contributed by atoms with Gasteiger partial charge in [0.05, 0.1) is 12.7 Å². The average Bonchev–Trinajstić information content (AvgIpc) is 2.30. The van der Waals surface area contributed by atoms with Crippen LogP contribution < -0.4 is 0 Å². The summed E-state index contributed by atoms with van der Waals surface area (Å²) >= 11 is 6.12. The molecule has 3 heteroatoms. The van der Waals surface area contributed by atoms with Gasteiger partial charge in [-0.2, -0.15) is 5.26 Å². The highest BCUT2D eigenvalue weighted by molar-refractivity contribution is 6.31. The first-order valence-electron chi connectivity index (χ1n) is 5.02. The van der Waals surface area contributed by atoms with Gasteiger partial charge in [-0.05, 0) is 24.5 Å². The summed E-state index contributed by atoms with van der Waals surface area (Å²) in [5.74, 6) is 0. The predicted molar refractivity (Wildman–Crippen MR) is 58.8 cm³/mol. The van der Waals surface area contributed by atoms with Crippen LogP contribution in [-0.4, -0.2) is 13.2 Å². The topological polar surface area (TPSA) is 33.0 Å². The van der Waals surface area contributed by atoms with Gasteiger partial charge in [0.15, 0.2) is 0 Å². The Balaban J connectivity index is 2.42. The van der Waals surface area contributed by atoms with Gasteiger partial charge in [0.25, 0.3) is 0 Å². The molecule has 78 valence electrons. The zero-order valence-electron chi connectivity index (χ0n) is 8.37. The van der Waals surface area contributed by atoms with E-state index in [9.17, 15) is 5.26 Å². The van der Waals surface area contributed by atoms with E-state index in [4.69, 9.17) is 16.3 Å². The van der Waals surface area contributed by atoms with Gasteiger partial charge in [0.1, 0.15) is 5.41 Å². The molecular weight excluding hydrogens is 210 g/mol. The van der Waals surface area contributed by atoms with Gasteiger partial charge >= 0.3 is 0 Å². The van der Waals surface area contributed by atoms with Gasteiger partial charge < -0.3 is 4.74 Å². The standard InChI is InChI=1S/C12H12ClNO/c13-11-5-2-1-4-10(11)12(8-14)6-3-7-15-9-12/h1-2,4-5H,3,6-7,9H2/t12-/m1/s1. The molecule has 0 saturated carbocycles. The molecule has 1 aromatic carbocycles. The largest absolute Gasteiger partial charge is 0.379 e. The van der Waals surface area contributed by atoms with Gasteiger partial charge in [-0.1, -0.05) is 29.8 Å². The molecule has 1 aliphatic rings. The molecule has 0 aliphatic carbocycles. The third-order valence-electron chi connectivity index (χ3n) is 2.84. The molecule has 2 nitrogen and oxygen atoms in total. The molecule has 15 heavy (non-hydrogen) atoms. The molecule has 0 radical (unpaired) electrons. The first kappa shape index (κ1) is 10.5. The molecule has 0 amide bonds. The lowest BCUT2D eigenvalue weighted by molar-refractivity contribution is 0.0563. The van der Waals surface area contributed by atoms with Crippen molar-refractivity contribution in [1.82, 2.24) is 0 Å². The van der Waals surface area contributed by atoms with E-state index in [-0.39, 0.29) is 0 Å². The van der Waals surface area contributed by atoms with Gasteiger partial charge in [-0.3, -0.25) is 0 Å². The van der Waals surface area contributed by atoms with Gasteiger partial charge in [0.2, 0.25) is 0 Å². The molecule has 0 N–H and O–H groups in total. The zero-order valence-corrected chi connectivity index (χ0v) is 9.13. The fourth-order valence-corrected chi connectivity index (χ4v) is 2.32. The Bertz CT molecular complexity index is 391. The molecule has 1 heterocycles. The van der Waals surface area contributed by atoms with E-state index in [1.54, 1.807) is 0 Å². The molecule has 0 aromatic heterocycles. The molecule has 0 unspecified atom stereocenters. The predicted octanol–water partition coefficient (Wildman–Crippen LogP) is 2.91. The summed E-state index contributed by atoms with van der Waals surface area (Å²) in [6.45, 7) is 1.20. The highest BCUT2D eigenvalue weighted by atomic mass is 35.5. The number of benzene rings is 1. The summed E-state index contributed by atoms with van der Waals surface area (Å²) in [6.07, 6.45) is 1.74. The van der Waals surface area contributed by atoms with Gasteiger partial charge in [-0.25, -0.2) is 0 Å². The molecule has 1 atom stereocenters. The van der Waals surface area contributed by atoms with E-state index >= 15 is 0 Å². The van der Waals surface area contributed by atoms with Crippen LogP contribution in [0.2, 0.25) is 5.02 Å². The van der Waals surface area contributed by atoms with Crippen molar-refractivity contribution in [2.75, 3.05) is 13.2 Å². The Hall–Kier alpha value is -1.04. The van der Waals surface area contributed by atoms with Crippen LogP contribution in [0.5, 0.6) is 0 Å². The average molecular weight is 222 g/mol. The summed E-state index contributed by atoms with van der Waals surface area (Å²) in [4.78, 5) is 0. The number of halogens is 1.